The molecule has 1 aromatic rings. The zero-order chi connectivity index (χ0) is 14.4. The third kappa shape index (κ3) is 4.12. The first kappa shape index (κ1) is 15.3. The van der Waals surface area contributed by atoms with Crippen molar-refractivity contribution in [2.75, 3.05) is 13.1 Å². The standard InChI is InChI=1S/C14H17F2NO2/c1-3-17(4-2)14(19)8-7-13(18)10-5-6-11(15)12(16)9-10/h5-6,9H,3-4,7-8H2,1-2H3. The molecule has 3 nitrogen and oxygen atoms in total. The summed E-state index contributed by atoms with van der Waals surface area (Å²) in [7, 11) is 0. The second-order valence-electron chi connectivity index (χ2n) is 4.12. The molecule has 0 unspecified atom stereocenters. The highest BCUT2D eigenvalue weighted by molar-refractivity contribution is 5.97. The SMILES string of the molecule is CCN(CC)C(=O)CCC(=O)c1ccc(F)c(F)c1. The van der Waals surface area contributed by atoms with Crippen molar-refractivity contribution in [3.63, 3.8) is 0 Å². The lowest BCUT2D eigenvalue weighted by atomic mass is 10.1. The van der Waals surface area contributed by atoms with Gasteiger partial charge in [-0.1, -0.05) is 0 Å². The van der Waals surface area contributed by atoms with Crippen LogP contribution in [0.4, 0.5) is 8.78 Å². The van der Waals surface area contributed by atoms with Crippen LogP contribution in [-0.2, 0) is 4.79 Å². The molecule has 0 atom stereocenters. The van der Waals surface area contributed by atoms with Gasteiger partial charge in [0.2, 0.25) is 5.91 Å². The maximum absolute atomic E-state index is 13.0. The molecule has 0 heterocycles. The maximum atomic E-state index is 13.0. The third-order valence-electron chi connectivity index (χ3n) is 2.92. The number of carbonyl (C=O) groups is 2. The van der Waals surface area contributed by atoms with Gasteiger partial charge in [-0.3, -0.25) is 9.59 Å². The molecular weight excluding hydrogens is 252 g/mol. The summed E-state index contributed by atoms with van der Waals surface area (Å²) in [5.74, 6) is -2.52. The van der Waals surface area contributed by atoms with E-state index in [0.717, 1.165) is 12.1 Å². The van der Waals surface area contributed by atoms with Crippen molar-refractivity contribution in [3.8, 4) is 0 Å². The molecule has 0 fully saturated rings. The Hall–Kier alpha value is -1.78. The second-order valence-corrected chi connectivity index (χ2v) is 4.12. The summed E-state index contributed by atoms with van der Waals surface area (Å²) >= 11 is 0. The van der Waals surface area contributed by atoms with Crippen LogP contribution < -0.4 is 0 Å². The number of amides is 1. The van der Waals surface area contributed by atoms with Gasteiger partial charge in [-0.05, 0) is 32.0 Å². The minimum atomic E-state index is -1.05. The molecule has 1 aromatic carbocycles. The highest BCUT2D eigenvalue weighted by atomic mass is 19.2. The molecule has 0 aromatic heterocycles. The van der Waals surface area contributed by atoms with Crippen molar-refractivity contribution in [1.82, 2.24) is 4.90 Å². The monoisotopic (exact) mass is 269 g/mol. The van der Waals surface area contributed by atoms with E-state index in [0.29, 0.717) is 13.1 Å². The molecule has 5 heteroatoms. The van der Waals surface area contributed by atoms with Crippen molar-refractivity contribution < 1.29 is 18.4 Å². The number of halogens is 2. The molecule has 1 amide bonds. The highest BCUT2D eigenvalue weighted by Crippen LogP contribution is 2.12. The van der Waals surface area contributed by atoms with Crippen molar-refractivity contribution >= 4 is 11.7 Å². The van der Waals surface area contributed by atoms with E-state index in [2.05, 4.69) is 0 Å². The first-order valence-corrected chi connectivity index (χ1v) is 6.25. The Bertz CT molecular complexity index is 471. The van der Waals surface area contributed by atoms with Crippen LogP contribution in [0.25, 0.3) is 0 Å². The normalized spacial score (nSPS) is 10.3. The van der Waals surface area contributed by atoms with Gasteiger partial charge < -0.3 is 4.90 Å². The van der Waals surface area contributed by atoms with E-state index < -0.39 is 11.6 Å². The lowest BCUT2D eigenvalue weighted by Crippen LogP contribution is -2.30. The highest BCUT2D eigenvalue weighted by Gasteiger charge is 2.14. The summed E-state index contributed by atoms with van der Waals surface area (Å²) in [5, 5.41) is 0. The Kier molecular flexibility index (Phi) is 5.60. The van der Waals surface area contributed by atoms with Crippen molar-refractivity contribution in [2.24, 2.45) is 0 Å². The van der Waals surface area contributed by atoms with Gasteiger partial charge in [0, 0.05) is 31.5 Å². The Labute approximate surface area is 111 Å². The van der Waals surface area contributed by atoms with E-state index >= 15 is 0 Å². The van der Waals surface area contributed by atoms with Gasteiger partial charge in [-0.15, -0.1) is 0 Å². The number of carbonyl (C=O) groups excluding carboxylic acids is 2. The minimum Gasteiger partial charge on any atom is -0.343 e. The number of hydrogen-bond donors (Lipinski definition) is 0. The molecule has 104 valence electrons. The number of Topliss-reactive ketones (excluding diaryl/α,β-unsaturated/α-hetero) is 1. The number of ketones is 1. The van der Waals surface area contributed by atoms with Gasteiger partial charge in [0.05, 0.1) is 0 Å². The molecule has 0 saturated heterocycles. The smallest absolute Gasteiger partial charge is 0.223 e. The number of rotatable bonds is 6. The Morgan fingerprint density at radius 3 is 2.21 bits per heavy atom. The molecule has 0 N–H and O–H groups in total. The lowest BCUT2D eigenvalue weighted by molar-refractivity contribution is -0.130. The van der Waals surface area contributed by atoms with Gasteiger partial charge in [0.1, 0.15) is 0 Å². The van der Waals surface area contributed by atoms with Crippen LogP contribution in [0.15, 0.2) is 18.2 Å². The number of benzene rings is 1. The first-order valence-electron chi connectivity index (χ1n) is 6.25. The molecule has 0 radical (unpaired) electrons. The van der Waals surface area contributed by atoms with E-state index in [4.69, 9.17) is 0 Å². The average molecular weight is 269 g/mol. The molecule has 0 aliphatic rings. The van der Waals surface area contributed by atoms with E-state index in [1.165, 1.54) is 6.07 Å². The van der Waals surface area contributed by atoms with Crippen LogP contribution in [-0.4, -0.2) is 29.7 Å². The van der Waals surface area contributed by atoms with Crippen molar-refractivity contribution in [1.29, 1.82) is 0 Å². The number of hydrogen-bond acceptors (Lipinski definition) is 2. The molecule has 0 aliphatic carbocycles. The van der Waals surface area contributed by atoms with Crippen LogP contribution >= 0.6 is 0 Å². The predicted octanol–water partition coefficient (Wildman–Crippen LogP) is 2.80. The molecule has 0 aliphatic heterocycles. The van der Waals surface area contributed by atoms with Crippen LogP contribution in [0.1, 0.15) is 37.0 Å². The quantitative estimate of drug-likeness (QED) is 0.745. The van der Waals surface area contributed by atoms with E-state index in [1.54, 1.807) is 4.90 Å². The van der Waals surface area contributed by atoms with Gasteiger partial charge in [0.15, 0.2) is 17.4 Å². The predicted molar refractivity (Wildman–Crippen MR) is 67.9 cm³/mol. The molecule has 0 saturated carbocycles. The fraction of sp³-hybridized carbons (Fsp3) is 0.429. The fourth-order valence-corrected chi connectivity index (χ4v) is 1.77. The summed E-state index contributed by atoms with van der Waals surface area (Å²) in [5.41, 5.74) is 0.0891. The summed E-state index contributed by atoms with van der Waals surface area (Å²) < 4.78 is 25.7. The zero-order valence-corrected chi connectivity index (χ0v) is 11.1. The van der Waals surface area contributed by atoms with Gasteiger partial charge >= 0.3 is 0 Å². The van der Waals surface area contributed by atoms with E-state index in [9.17, 15) is 18.4 Å². The molecular formula is C14H17F2NO2. The van der Waals surface area contributed by atoms with Crippen LogP contribution in [0.5, 0.6) is 0 Å². The van der Waals surface area contributed by atoms with Gasteiger partial charge in [-0.25, -0.2) is 8.78 Å². The summed E-state index contributed by atoms with van der Waals surface area (Å²) in [4.78, 5) is 25.1. The average Bonchev–Trinajstić information content (AvgIpc) is 2.40. The minimum absolute atomic E-state index is 0.000402. The van der Waals surface area contributed by atoms with Crippen molar-refractivity contribution in [2.45, 2.75) is 26.7 Å². The van der Waals surface area contributed by atoms with Gasteiger partial charge in [-0.2, -0.15) is 0 Å². The Morgan fingerprint density at radius 2 is 1.68 bits per heavy atom. The maximum Gasteiger partial charge on any atom is 0.223 e. The summed E-state index contributed by atoms with van der Waals surface area (Å²) in [6, 6.07) is 3.00. The molecule has 0 bridgehead atoms. The molecule has 0 spiro atoms. The van der Waals surface area contributed by atoms with Crippen molar-refractivity contribution in [3.05, 3.63) is 35.4 Å². The van der Waals surface area contributed by atoms with E-state index in [1.807, 2.05) is 13.8 Å². The molecule has 1 rings (SSSR count). The van der Waals surface area contributed by atoms with E-state index in [-0.39, 0.29) is 30.1 Å². The second kappa shape index (κ2) is 6.97. The number of nitrogens with zero attached hydrogens (tertiary/aromatic N) is 1. The lowest BCUT2D eigenvalue weighted by Gasteiger charge is -2.18. The first-order chi connectivity index (χ1) is 8.99. The third-order valence-corrected chi connectivity index (χ3v) is 2.92. The largest absolute Gasteiger partial charge is 0.343 e. The van der Waals surface area contributed by atoms with Crippen LogP contribution in [0, 0.1) is 11.6 Å². The van der Waals surface area contributed by atoms with Gasteiger partial charge in [0.25, 0.3) is 0 Å². The molecule has 19 heavy (non-hydrogen) atoms. The summed E-state index contributed by atoms with van der Waals surface area (Å²) in [6.07, 6.45) is 0.0832. The summed E-state index contributed by atoms with van der Waals surface area (Å²) in [6.45, 7) is 4.90. The fourth-order valence-electron chi connectivity index (χ4n) is 1.77. The Morgan fingerprint density at radius 1 is 1.05 bits per heavy atom. The van der Waals surface area contributed by atoms with Crippen LogP contribution in [0.3, 0.4) is 0 Å². The Balaban J connectivity index is 2.60. The van der Waals surface area contributed by atoms with Crippen LogP contribution in [0.2, 0.25) is 0 Å². The zero-order valence-electron chi connectivity index (χ0n) is 11.1. The topological polar surface area (TPSA) is 37.4 Å².